The van der Waals surface area contributed by atoms with Gasteiger partial charge in [-0.3, -0.25) is 0 Å². The van der Waals surface area contributed by atoms with Crippen LogP contribution in [0.4, 0.5) is 0 Å². The predicted octanol–water partition coefficient (Wildman–Crippen LogP) is 0.912. The number of aromatic amines is 1. The molecule has 1 aromatic rings. The van der Waals surface area contributed by atoms with Gasteiger partial charge in [0.25, 0.3) is 0 Å². The van der Waals surface area contributed by atoms with E-state index in [1.807, 2.05) is 6.20 Å². The maximum Gasteiger partial charge on any atom is 0.0117 e. The lowest BCUT2D eigenvalue weighted by atomic mass is 10.0. The van der Waals surface area contributed by atoms with Crippen molar-refractivity contribution in [2.45, 2.75) is 25.3 Å². The SMILES string of the molecule is CN(CCc1cc[nH]c1)C1CCN(CCN)CC1. The number of aromatic nitrogens is 1. The normalized spacial score (nSPS) is 18.6. The second kappa shape index (κ2) is 6.92. The van der Waals surface area contributed by atoms with E-state index < -0.39 is 0 Å². The topological polar surface area (TPSA) is 48.3 Å². The monoisotopic (exact) mass is 250 g/mol. The molecule has 102 valence electrons. The molecule has 18 heavy (non-hydrogen) atoms. The first-order chi connectivity index (χ1) is 8.79. The number of nitrogens with one attached hydrogen (secondary N) is 1. The molecule has 2 rings (SSSR count). The van der Waals surface area contributed by atoms with Crippen molar-refractivity contribution in [2.24, 2.45) is 5.73 Å². The Morgan fingerprint density at radius 3 is 2.83 bits per heavy atom. The number of H-pyrrole nitrogens is 1. The molecule has 1 fully saturated rings. The van der Waals surface area contributed by atoms with Crippen molar-refractivity contribution in [3.63, 3.8) is 0 Å². The van der Waals surface area contributed by atoms with Gasteiger partial charge in [-0.25, -0.2) is 0 Å². The average Bonchev–Trinajstić information content (AvgIpc) is 2.90. The number of nitrogens with zero attached hydrogens (tertiary/aromatic N) is 2. The first-order valence-corrected chi connectivity index (χ1v) is 7.04. The maximum absolute atomic E-state index is 5.60. The number of rotatable bonds is 6. The Kier molecular flexibility index (Phi) is 5.23. The van der Waals surface area contributed by atoms with Crippen LogP contribution in [0, 0.1) is 0 Å². The van der Waals surface area contributed by atoms with E-state index in [-0.39, 0.29) is 0 Å². The molecule has 4 nitrogen and oxygen atoms in total. The number of piperidine rings is 1. The Morgan fingerprint density at radius 2 is 2.22 bits per heavy atom. The van der Waals surface area contributed by atoms with Gasteiger partial charge in [0.2, 0.25) is 0 Å². The molecule has 0 aromatic carbocycles. The van der Waals surface area contributed by atoms with Crippen LogP contribution in [0.2, 0.25) is 0 Å². The van der Waals surface area contributed by atoms with E-state index in [1.165, 1.54) is 31.5 Å². The molecule has 3 N–H and O–H groups in total. The van der Waals surface area contributed by atoms with Gasteiger partial charge in [0.05, 0.1) is 0 Å². The molecular formula is C14H26N4. The average molecular weight is 250 g/mol. The third-order valence-electron chi connectivity index (χ3n) is 4.04. The van der Waals surface area contributed by atoms with E-state index in [4.69, 9.17) is 5.73 Å². The summed E-state index contributed by atoms with van der Waals surface area (Å²) in [6.07, 6.45) is 7.80. The third-order valence-corrected chi connectivity index (χ3v) is 4.04. The second-order valence-electron chi connectivity index (χ2n) is 5.31. The largest absolute Gasteiger partial charge is 0.367 e. The summed E-state index contributed by atoms with van der Waals surface area (Å²) >= 11 is 0. The number of likely N-dealkylation sites (tertiary alicyclic amines) is 1. The molecule has 0 unspecified atom stereocenters. The first-order valence-electron chi connectivity index (χ1n) is 7.04. The predicted molar refractivity (Wildman–Crippen MR) is 75.6 cm³/mol. The summed E-state index contributed by atoms with van der Waals surface area (Å²) < 4.78 is 0. The van der Waals surface area contributed by atoms with E-state index >= 15 is 0 Å². The maximum atomic E-state index is 5.60. The quantitative estimate of drug-likeness (QED) is 0.789. The number of hydrogen-bond acceptors (Lipinski definition) is 3. The minimum Gasteiger partial charge on any atom is -0.367 e. The van der Waals surface area contributed by atoms with Gasteiger partial charge in [0.1, 0.15) is 0 Å². The van der Waals surface area contributed by atoms with Crippen molar-refractivity contribution in [2.75, 3.05) is 39.8 Å². The van der Waals surface area contributed by atoms with E-state index in [0.29, 0.717) is 0 Å². The van der Waals surface area contributed by atoms with Crippen LogP contribution in [-0.2, 0) is 6.42 Å². The summed E-state index contributed by atoms with van der Waals surface area (Å²) in [5.41, 5.74) is 7.01. The molecule has 0 amide bonds. The van der Waals surface area contributed by atoms with Crippen molar-refractivity contribution < 1.29 is 0 Å². The minimum absolute atomic E-state index is 0.748. The van der Waals surface area contributed by atoms with Crippen LogP contribution in [0.3, 0.4) is 0 Å². The van der Waals surface area contributed by atoms with Gasteiger partial charge < -0.3 is 20.5 Å². The highest BCUT2D eigenvalue weighted by atomic mass is 15.2. The van der Waals surface area contributed by atoms with Crippen LogP contribution in [0.1, 0.15) is 18.4 Å². The van der Waals surface area contributed by atoms with Gasteiger partial charge in [-0.2, -0.15) is 0 Å². The lowest BCUT2D eigenvalue weighted by Gasteiger charge is -2.36. The smallest absolute Gasteiger partial charge is 0.0117 e. The summed E-state index contributed by atoms with van der Waals surface area (Å²) in [6.45, 7) is 5.40. The lowest BCUT2D eigenvalue weighted by Crippen LogP contribution is -2.45. The zero-order chi connectivity index (χ0) is 12.8. The molecule has 4 heteroatoms. The van der Waals surface area contributed by atoms with Crippen LogP contribution in [0.15, 0.2) is 18.5 Å². The highest BCUT2D eigenvalue weighted by Gasteiger charge is 2.21. The minimum atomic E-state index is 0.748. The molecule has 0 bridgehead atoms. The molecule has 0 aliphatic carbocycles. The Morgan fingerprint density at radius 1 is 1.44 bits per heavy atom. The van der Waals surface area contributed by atoms with Gasteiger partial charge in [-0.1, -0.05) is 0 Å². The summed E-state index contributed by atoms with van der Waals surface area (Å²) in [7, 11) is 2.26. The standard InChI is InChI=1S/C14H26N4/c1-17(8-3-13-2-7-16-12-13)14-4-9-18(10-5-14)11-6-15/h2,7,12,14,16H,3-6,8-11,15H2,1H3. The summed E-state index contributed by atoms with van der Waals surface area (Å²) in [4.78, 5) is 8.12. The van der Waals surface area contributed by atoms with Crippen LogP contribution in [0.25, 0.3) is 0 Å². The zero-order valence-electron chi connectivity index (χ0n) is 11.4. The van der Waals surface area contributed by atoms with Crippen LogP contribution < -0.4 is 5.73 Å². The van der Waals surface area contributed by atoms with Gasteiger partial charge in [-0.15, -0.1) is 0 Å². The van der Waals surface area contributed by atoms with Crippen molar-refractivity contribution >= 4 is 0 Å². The van der Waals surface area contributed by atoms with E-state index in [9.17, 15) is 0 Å². The third kappa shape index (κ3) is 3.83. The Labute approximate surface area is 110 Å². The highest BCUT2D eigenvalue weighted by Crippen LogP contribution is 2.15. The fraction of sp³-hybridized carbons (Fsp3) is 0.714. The number of likely N-dealkylation sites (N-methyl/N-ethyl adjacent to an activating group) is 1. The molecule has 2 heterocycles. The van der Waals surface area contributed by atoms with Crippen LogP contribution in [0.5, 0.6) is 0 Å². The Balaban J connectivity index is 1.69. The summed E-state index contributed by atoms with van der Waals surface area (Å²) in [6, 6.07) is 2.91. The van der Waals surface area contributed by atoms with Crippen molar-refractivity contribution in [1.29, 1.82) is 0 Å². The highest BCUT2D eigenvalue weighted by molar-refractivity contribution is 5.08. The molecular weight excluding hydrogens is 224 g/mol. The van der Waals surface area contributed by atoms with Crippen LogP contribution in [-0.4, -0.2) is 60.6 Å². The summed E-state index contributed by atoms with van der Waals surface area (Å²) in [5, 5.41) is 0. The second-order valence-corrected chi connectivity index (χ2v) is 5.31. The van der Waals surface area contributed by atoms with Gasteiger partial charge in [-0.05, 0) is 51.0 Å². The Bertz CT molecular complexity index is 315. The zero-order valence-corrected chi connectivity index (χ0v) is 11.4. The van der Waals surface area contributed by atoms with E-state index in [2.05, 4.69) is 34.1 Å². The van der Waals surface area contributed by atoms with Gasteiger partial charge in [0, 0.05) is 38.1 Å². The fourth-order valence-electron chi connectivity index (χ4n) is 2.77. The number of hydrogen-bond donors (Lipinski definition) is 2. The molecule has 1 aliphatic heterocycles. The van der Waals surface area contributed by atoms with Crippen molar-refractivity contribution in [3.05, 3.63) is 24.0 Å². The molecule has 0 atom stereocenters. The van der Waals surface area contributed by atoms with Crippen LogP contribution >= 0.6 is 0 Å². The molecule has 1 aliphatic rings. The molecule has 1 aromatic heterocycles. The van der Waals surface area contributed by atoms with E-state index in [1.54, 1.807) is 0 Å². The fourth-order valence-corrected chi connectivity index (χ4v) is 2.77. The number of nitrogens with two attached hydrogens (primary N) is 1. The van der Waals surface area contributed by atoms with Gasteiger partial charge in [0.15, 0.2) is 0 Å². The lowest BCUT2D eigenvalue weighted by molar-refractivity contribution is 0.131. The van der Waals surface area contributed by atoms with E-state index in [0.717, 1.165) is 32.1 Å². The van der Waals surface area contributed by atoms with Crippen molar-refractivity contribution in [3.8, 4) is 0 Å². The molecule has 0 radical (unpaired) electrons. The molecule has 0 saturated carbocycles. The van der Waals surface area contributed by atoms with Gasteiger partial charge >= 0.3 is 0 Å². The Hall–Kier alpha value is -0.840. The molecule has 0 spiro atoms. The first kappa shape index (κ1) is 13.6. The summed E-state index contributed by atoms with van der Waals surface area (Å²) in [5.74, 6) is 0. The molecule has 1 saturated heterocycles. The van der Waals surface area contributed by atoms with Crippen molar-refractivity contribution in [1.82, 2.24) is 14.8 Å².